The topological polar surface area (TPSA) is 39.7 Å². The minimum Gasteiger partial charge on any atom is -0.492 e. The van der Waals surface area contributed by atoms with Crippen molar-refractivity contribution in [2.45, 2.75) is 31.8 Å². The highest BCUT2D eigenvalue weighted by Gasteiger charge is 2.20. The molecule has 0 aromatic heterocycles. The summed E-state index contributed by atoms with van der Waals surface area (Å²) in [4.78, 5) is 0. The van der Waals surface area contributed by atoms with E-state index in [2.05, 4.69) is 27.3 Å². The summed E-state index contributed by atoms with van der Waals surface area (Å²) in [5.74, 6) is 1.53. The summed E-state index contributed by atoms with van der Waals surface area (Å²) in [6, 6.07) is 4.82. The van der Waals surface area contributed by atoms with E-state index >= 15 is 0 Å². The Morgan fingerprint density at radius 3 is 2.70 bits per heavy atom. The fraction of sp³-hybridized carbons (Fsp3) is 0.600. The van der Waals surface area contributed by atoms with E-state index in [-0.39, 0.29) is 0 Å². The molecule has 4 nitrogen and oxygen atoms in total. The number of halogens is 1. The highest BCUT2D eigenvalue weighted by atomic mass is 79.9. The van der Waals surface area contributed by atoms with Gasteiger partial charge in [0.2, 0.25) is 0 Å². The zero-order valence-electron chi connectivity index (χ0n) is 12.1. The quantitative estimate of drug-likeness (QED) is 0.699. The summed E-state index contributed by atoms with van der Waals surface area (Å²) in [6.45, 7) is 2.18. The van der Waals surface area contributed by atoms with E-state index in [4.69, 9.17) is 14.2 Å². The van der Waals surface area contributed by atoms with Crippen LogP contribution in [-0.4, -0.2) is 33.5 Å². The molecule has 2 rings (SSSR count). The Bertz CT molecular complexity index is 435. The molecule has 1 aromatic rings. The van der Waals surface area contributed by atoms with E-state index in [0.717, 1.165) is 28.9 Å². The van der Waals surface area contributed by atoms with Gasteiger partial charge < -0.3 is 19.5 Å². The molecule has 0 atom stereocenters. The second-order valence-electron chi connectivity index (χ2n) is 4.96. The van der Waals surface area contributed by atoms with Gasteiger partial charge in [-0.2, -0.15) is 0 Å². The molecule has 1 aromatic carbocycles. The molecule has 1 fully saturated rings. The van der Waals surface area contributed by atoms with Gasteiger partial charge in [-0.15, -0.1) is 0 Å². The van der Waals surface area contributed by atoms with E-state index in [1.165, 1.54) is 18.4 Å². The first-order valence-corrected chi connectivity index (χ1v) is 7.75. The van der Waals surface area contributed by atoms with E-state index < -0.39 is 0 Å². The summed E-state index contributed by atoms with van der Waals surface area (Å²) in [5, 5.41) is 3.50. The molecular formula is C15H22BrNO3. The van der Waals surface area contributed by atoms with Gasteiger partial charge in [-0.25, -0.2) is 0 Å². The fourth-order valence-electron chi connectivity index (χ4n) is 1.96. The first-order chi connectivity index (χ1) is 9.74. The second-order valence-corrected chi connectivity index (χ2v) is 5.81. The summed E-state index contributed by atoms with van der Waals surface area (Å²) >= 11 is 3.55. The van der Waals surface area contributed by atoms with E-state index in [1.807, 2.05) is 6.07 Å². The first kappa shape index (κ1) is 15.6. The molecule has 0 amide bonds. The zero-order chi connectivity index (χ0) is 14.4. The van der Waals surface area contributed by atoms with Crippen molar-refractivity contribution in [3.63, 3.8) is 0 Å². The van der Waals surface area contributed by atoms with Crippen LogP contribution < -0.4 is 14.8 Å². The summed E-state index contributed by atoms with van der Waals surface area (Å²) in [7, 11) is 3.35. The van der Waals surface area contributed by atoms with Gasteiger partial charge in [0.05, 0.1) is 18.2 Å². The van der Waals surface area contributed by atoms with Crippen LogP contribution in [0.2, 0.25) is 0 Å². The molecular weight excluding hydrogens is 322 g/mol. The van der Waals surface area contributed by atoms with Gasteiger partial charge in [-0.05, 0) is 46.5 Å². The standard InChI is InChI=1S/C15H22BrNO3/c1-18-6-3-7-20-14-9-11(10-17-12-4-5-12)8-13(16)15(14)19-2/h8-9,12,17H,3-7,10H2,1-2H3. The van der Waals surface area contributed by atoms with Crippen molar-refractivity contribution in [3.8, 4) is 11.5 Å². The molecule has 5 heteroatoms. The van der Waals surface area contributed by atoms with Crippen molar-refractivity contribution in [2.75, 3.05) is 27.4 Å². The number of hydrogen-bond donors (Lipinski definition) is 1. The molecule has 1 aliphatic rings. The number of hydrogen-bond acceptors (Lipinski definition) is 4. The lowest BCUT2D eigenvalue weighted by atomic mass is 10.2. The van der Waals surface area contributed by atoms with Crippen LogP contribution in [0.25, 0.3) is 0 Å². The third-order valence-electron chi connectivity index (χ3n) is 3.20. The number of rotatable bonds is 9. The van der Waals surface area contributed by atoms with Crippen LogP contribution in [0.15, 0.2) is 16.6 Å². The summed E-state index contributed by atoms with van der Waals surface area (Å²) in [5.41, 5.74) is 1.20. The van der Waals surface area contributed by atoms with E-state index in [0.29, 0.717) is 19.3 Å². The number of ether oxygens (including phenoxy) is 3. The SMILES string of the molecule is COCCCOc1cc(CNC2CC2)cc(Br)c1OC. The molecule has 0 spiro atoms. The van der Waals surface area contributed by atoms with Crippen LogP contribution in [0.1, 0.15) is 24.8 Å². The van der Waals surface area contributed by atoms with Crippen molar-refractivity contribution in [1.82, 2.24) is 5.32 Å². The van der Waals surface area contributed by atoms with E-state index in [1.54, 1.807) is 14.2 Å². The second kappa shape index (κ2) is 7.86. The monoisotopic (exact) mass is 343 g/mol. The van der Waals surface area contributed by atoms with Crippen LogP contribution in [0, 0.1) is 0 Å². The Morgan fingerprint density at radius 1 is 1.25 bits per heavy atom. The Morgan fingerprint density at radius 2 is 2.05 bits per heavy atom. The minimum atomic E-state index is 0.621. The Kier molecular flexibility index (Phi) is 6.13. The normalized spacial score (nSPS) is 14.3. The molecule has 20 heavy (non-hydrogen) atoms. The Balaban J connectivity index is 2.00. The molecule has 112 valence electrons. The lowest BCUT2D eigenvalue weighted by molar-refractivity contribution is 0.170. The molecule has 0 radical (unpaired) electrons. The molecule has 0 unspecified atom stereocenters. The lowest BCUT2D eigenvalue weighted by Crippen LogP contribution is -2.15. The maximum Gasteiger partial charge on any atom is 0.174 e. The van der Waals surface area contributed by atoms with Gasteiger partial charge in [-0.1, -0.05) is 0 Å². The summed E-state index contributed by atoms with van der Waals surface area (Å²) in [6.07, 6.45) is 3.44. The molecule has 1 aliphatic carbocycles. The van der Waals surface area contributed by atoms with Crippen molar-refractivity contribution in [2.24, 2.45) is 0 Å². The van der Waals surface area contributed by atoms with Gasteiger partial charge >= 0.3 is 0 Å². The van der Waals surface area contributed by atoms with Crippen molar-refractivity contribution in [3.05, 3.63) is 22.2 Å². The maximum atomic E-state index is 5.81. The third kappa shape index (κ3) is 4.65. The Labute approximate surface area is 128 Å². The number of nitrogens with one attached hydrogen (secondary N) is 1. The van der Waals surface area contributed by atoms with Crippen LogP contribution in [-0.2, 0) is 11.3 Å². The summed E-state index contributed by atoms with van der Waals surface area (Å²) < 4.78 is 17.2. The van der Waals surface area contributed by atoms with Crippen LogP contribution >= 0.6 is 15.9 Å². The molecule has 1 N–H and O–H groups in total. The van der Waals surface area contributed by atoms with Crippen molar-refractivity contribution < 1.29 is 14.2 Å². The number of benzene rings is 1. The minimum absolute atomic E-state index is 0.621. The van der Waals surface area contributed by atoms with Crippen LogP contribution in [0.5, 0.6) is 11.5 Å². The predicted octanol–water partition coefficient (Wildman–Crippen LogP) is 3.13. The zero-order valence-corrected chi connectivity index (χ0v) is 13.7. The van der Waals surface area contributed by atoms with Gasteiger partial charge in [0, 0.05) is 32.7 Å². The molecule has 1 saturated carbocycles. The molecule has 0 aliphatic heterocycles. The smallest absolute Gasteiger partial charge is 0.174 e. The van der Waals surface area contributed by atoms with Gasteiger partial charge in [0.15, 0.2) is 11.5 Å². The average Bonchev–Trinajstić information content (AvgIpc) is 3.25. The maximum absolute atomic E-state index is 5.81. The molecule has 0 heterocycles. The highest BCUT2D eigenvalue weighted by molar-refractivity contribution is 9.10. The first-order valence-electron chi connectivity index (χ1n) is 6.96. The molecule has 0 saturated heterocycles. The Hall–Kier alpha value is -0.780. The van der Waals surface area contributed by atoms with E-state index in [9.17, 15) is 0 Å². The van der Waals surface area contributed by atoms with Gasteiger partial charge in [0.1, 0.15) is 0 Å². The van der Waals surface area contributed by atoms with Crippen molar-refractivity contribution >= 4 is 15.9 Å². The van der Waals surface area contributed by atoms with Crippen LogP contribution in [0.3, 0.4) is 0 Å². The van der Waals surface area contributed by atoms with Crippen LogP contribution in [0.4, 0.5) is 0 Å². The predicted molar refractivity (Wildman–Crippen MR) is 82.5 cm³/mol. The third-order valence-corrected chi connectivity index (χ3v) is 3.79. The number of methoxy groups -OCH3 is 2. The molecule has 0 bridgehead atoms. The van der Waals surface area contributed by atoms with Crippen molar-refractivity contribution in [1.29, 1.82) is 0 Å². The van der Waals surface area contributed by atoms with Gasteiger partial charge in [0.25, 0.3) is 0 Å². The highest BCUT2D eigenvalue weighted by Crippen LogP contribution is 2.36. The lowest BCUT2D eigenvalue weighted by Gasteiger charge is -2.14. The fourth-order valence-corrected chi connectivity index (χ4v) is 2.62. The van der Waals surface area contributed by atoms with Gasteiger partial charge in [-0.3, -0.25) is 0 Å². The largest absolute Gasteiger partial charge is 0.492 e. The average molecular weight is 344 g/mol.